The van der Waals surface area contributed by atoms with Gasteiger partial charge >= 0.3 is 12.4 Å². The fourth-order valence-corrected chi connectivity index (χ4v) is 2.80. The number of thioether (sulfide) groups is 1. The van der Waals surface area contributed by atoms with Crippen molar-refractivity contribution in [1.29, 1.82) is 0 Å². The summed E-state index contributed by atoms with van der Waals surface area (Å²) in [6.07, 6.45) is -7.57. The van der Waals surface area contributed by atoms with Crippen molar-refractivity contribution in [3.8, 4) is 0 Å². The molecule has 1 fully saturated rings. The molecule has 1 aliphatic carbocycles. The Morgan fingerprint density at radius 1 is 1.16 bits per heavy atom. The van der Waals surface area contributed by atoms with E-state index in [1.54, 1.807) is 0 Å². The van der Waals surface area contributed by atoms with Crippen LogP contribution in [0.15, 0.2) is 22.0 Å². The molecular formula is C15H15F7N2S. The van der Waals surface area contributed by atoms with Gasteiger partial charge in [-0.2, -0.15) is 26.3 Å². The van der Waals surface area contributed by atoms with E-state index in [4.69, 9.17) is 0 Å². The minimum Gasteiger partial charge on any atom is -0.364 e. The van der Waals surface area contributed by atoms with Crippen molar-refractivity contribution in [2.75, 3.05) is 12.3 Å². The molecule has 0 radical (unpaired) electrons. The lowest BCUT2D eigenvalue weighted by Crippen LogP contribution is -2.34. The predicted octanol–water partition coefficient (Wildman–Crippen LogP) is 5.38. The summed E-state index contributed by atoms with van der Waals surface area (Å²) < 4.78 is 88.1. The van der Waals surface area contributed by atoms with E-state index in [0.717, 1.165) is 12.1 Å². The van der Waals surface area contributed by atoms with Crippen molar-refractivity contribution in [1.82, 2.24) is 5.32 Å². The summed E-state index contributed by atoms with van der Waals surface area (Å²) in [6.45, 7) is 0.157. The van der Waals surface area contributed by atoms with Crippen molar-refractivity contribution in [3.05, 3.63) is 23.5 Å². The normalized spacial score (nSPS) is 16.2. The van der Waals surface area contributed by atoms with Crippen LogP contribution in [-0.2, 0) is 0 Å². The molecule has 0 saturated heterocycles. The molecule has 0 aromatic heterocycles. The number of aliphatic imine (C=N–C) groups is 1. The average molecular weight is 388 g/mol. The maximum absolute atomic E-state index is 14.0. The Balaban J connectivity index is 2.23. The van der Waals surface area contributed by atoms with E-state index in [9.17, 15) is 30.7 Å². The Morgan fingerprint density at radius 2 is 1.80 bits per heavy atom. The van der Waals surface area contributed by atoms with Crippen LogP contribution in [0.1, 0.15) is 18.4 Å². The highest BCUT2D eigenvalue weighted by atomic mass is 32.2. The minimum atomic E-state index is -4.45. The van der Waals surface area contributed by atoms with Crippen molar-refractivity contribution >= 4 is 23.3 Å². The summed E-state index contributed by atoms with van der Waals surface area (Å²) in [4.78, 5) is 4.09. The Hall–Kier alpha value is -1.45. The van der Waals surface area contributed by atoms with Gasteiger partial charge in [-0.1, -0.05) is 0 Å². The molecule has 0 aliphatic heterocycles. The Kier molecular flexibility index (Phi) is 5.90. The standard InChI is InChI=1S/C15H15F7N2S/c1-8-4-10(16)11(5-12(8)25-7-15(20,21)22)24-13(9-2-3-9)23-6-14(17,18)19/h4-5,9H,2-3,6-7H2,1H3,(H,23,24). The number of aryl methyl sites for hydroxylation is 1. The van der Waals surface area contributed by atoms with Gasteiger partial charge in [-0.3, -0.25) is 0 Å². The van der Waals surface area contributed by atoms with E-state index in [-0.39, 0.29) is 22.3 Å². The molecular weight excluding hydrogens is 373 g/mol. The first-order chi connectivity index (χ1) is 11.4. The lowest BCUT2D eigenvalue weighted by Gasteiger charge is -2.13. The smallest absolute Gasteiger partial charge is 0.364 e. The summed E-state index contributed by atoms with van der Waals surface area (Å²) in [5, 5.41) is 2.16. The maximum Gasteiger partial charge on any atom is 0.405 e. The molecule has 0 bridgehead atoms. The SMILES string of the molecule is Cc1cc(F)c(/N=C(\NCC(F)(F)F)C2CC2)cc1SCC(F)(F)F. The molecule has 2 nitrogen and oxygen atoms in total. The fourth-order valence-electron chi connectivity index (χ4n) is 2.00. The van der Waals surface area contributed by atoms with Crippen LogP contribution in [0.5, 0.6) is 0 Å². The average Bonchev–Trinajstić information content (AvgIpc) is 3.26. The number of amidine groups is 1. The van der Waals surface area contributed by atoms with Crippen LogP contribution in [0.4, 0.5) is 36.4 Å². The highest BCUT2D eigenvalue weighted by Crippen LogP contribution is 2.35. The van der Waals surface area contributed by atoms with Crippen molar-refractivity contribution in [2.45, 2.75) is 37.0 Å². The van der Waals surface area contributed by atoms with E-state index in [1.165, 1.54) is 6.92 Å². The molecule has 25 heavy (non-hydrogen) atoms. The highest BCUT2D eigenvalue weighted by molar-refractivity contribution is 7.99. The molecule has 1 aromatic carbocycles. The van der Waals surface area contributed by atoms with Gasteiger partial charge in [0.1, 0.15) is 23.9 Å². The molecule has 0 unspecified atom stereocenters. The Labute approximate surface area is 143 Å². The van der Waals surface area contributed by atoms with Crippen LogP contribution >= 0.6 is 11.8 Å². The number of nitrogens with one attached hydrogen (secondary N) is 1. The molecule has 1 aliphatic rings. The van der Waals surface area contributed by atoms with E-state index in [0.29, 0.717) is 30.2 Å². The molecule has 1 aromatic rings. The van der Waals surface area contributed by atoms with Gasteiger partial charge < -0.3 is 5.32 Å². The first-order valence-corrected chi connectivity index (χ1v) is 8.32. The minimum absolute atomic E-state index is 0.00634. The van der Waals surface area contributed by atoms with Crippen LogP contribution in [0, 0.1) is 18.7 Å². The molecule has 2 rings (SSSR count). The molecule has 0 atom stereocenters. The van der Waals surface area contributed by atoms with Gasteiger partial charge in [0.2, 0.25) is 0 Å². The van der Waals surface area contributed by atoms with Crippen molar-refractivity contribution in [3.63, 3.8) is 0 Å². The van der Waals surface area contributed by atoms with Crippen LogP contribution in [0.2, 0.25) is 0 Å². The summed E-state index contributed by atoms with van der Waals surface area (Å²) in [5.74, 6) is -2.15. The predicted molar refractivity (Wildman–Crippen MR) is 81.8 cm³/mol. The highest BCUT2D eigenvalue weighted by Gasteiger charge is 2.33. The number of rotatable bonds is 5. The van der Waals surface area contributed by atoms with Crippen LogP contribution < -0.4 is 5.32 Å². The van der Waals surface area contributed by atoms with Gasteiger partial charge in [0.15, 0.2) is 0 Å². The van der Waals surface area contributed by atoms with E-state index in [2.05, 4.69) is 10.3 Å². The second kappa shape index (κ2) is 7.43. The summed E-state index contributed by atoms with van der Waals surface area (Å²) in [5.41, 5.74) is 0.0359. The molecule has 0 heterocycles. The third-order valence-corrected chi connectivity index (χ3v) is 4.53. The quantitative estimate of drug-likeness (QED) is 0.317. The van der Waals surface area contributed by atoms with Gasteiger partial charge in [-0.05, 0) is 37.5 Å². The molecule has 140 valence electrons. The van der Waals surface area contributed by atoms with E-state index < -0.39 is 30.5 Å². The molecule has 10 heteroatoms. The summed E-state index contributed by atoms with van der Waals surface area (Å²) in [6, 6.07) is 2.17. The first kappa shape index (κ1) is 19.9. The van der Waals surface area contributed by atoms with Gasteiger partial charge in [0, 0.05) is 10.8 Å². The first-order valence-electron chi connectivity index (χ1n) is 7.33. The Morgan fingerprint density at radius 3 is 2.32 bits per heavy atom. The zero-order valence-corrected chi connectivity index (χ0v) is 13.9. The van der Waals surface area contributed by atoms with Crippen LogP contribution in [-0.4, -0.2) is 30.5 Å². The fraction of sp³-hybridized carbons (Fsp3) is 0.533. The summed E-state index contributed by atoms with van der Waals surface area (Å²) >= 11 is 0.484. The van der Waals surface area contributed by atoms with Crippen molar-refractivity contribution < 1.29 is 30.7 Å². The second-order valence-electron chi connectivity index (χ2n) is 5.71. The van der Waals surface area contributed by atoms with E-state index >= 15 is 0 Å². The lowest BCUT2D eigenvalue weighted by atomic mass is 10.2. The molecule has 1 N–H and O–H groups in total. The molecule has 0 spiro atoms. The number of nitrogens with zero attached hydrogens (tertiary/aromatic N) is 1. The van der Waals surface area contributed by atoms with Gasteiger partial charge in [-0.15, -0.1) is 11.8 Å². The molecule has 0 amide bonds. The monoisotopic (exact) mass is 388 g/mol. The number of alkyl halides is 6. The second-order valence-corrected chi connectivity index (χ2v) is 6.73. The lowest BCUT2D eigenvalue weighted by molar-refractivity contribution is -0.122. The zero-order chi connectivity index (χ0) is 18.8. The number of halogens is 7. The Bertz CT molecular complexity index is 649. The maximum atomic E-state index is 14.0. The number of hydrogen-bond donors (Lipinski definition) is 1. The van der Waals surface area contributed by atoms with Crippen molar-refractivity contribution in [2.24, 2.45) is 10.9 Å². The van der Waals surface area contributed by atoms with Gasteiger partial charge in [-0.25, -0.2) is 9.38 Å². The summed E-state index contributed by atoms with van der Waals surface area (Å²) in [7, 11) is 0. The third-order valence-electron chi connectivity index (χ3n) is 3.31. The van der Waals surface area contributed by atoms with Gasteiger partial charge in [0.05, 0.1) is 5.75 Å². The van der Waals surface area contributed by atoms with Crippen LogP contribution in [0.25, 0.3) is 0 Å². The van der Waals surface area contributed by atoms with Crippen LogP contribution in [0.3, 0.4) is 0 Å². The van der Waals surface area contributed by atoms with Gasteiger partial charge in [0.25, 0.3) is 0 Å². The van der Waals surface area contributed by atoms with E-state index in [1.807, 2.05) is 0 Å². The largest absolute Gasteiger partial charge is 0.405 e. The molecule has 1 saturated carbocycles. The number of hydrogen-bond acceptors (Lipinski definition) is 2. The zero-order valence-electron chi connectivity index (χ0n) is 13.1. The number of benzene rings is 1. The third kappa shape index (κ3) is 6.75. The topological polar surface area (TPSA) is 24.4 Å².